The standard InChI is InChI=1S/C20H21NO4/c1-4-11-25-17-10-9-16(24-3)18-19(17)21-12-15(20(18)22)13-5-7-14(23-2)8-6-13/h5-10,12H,4,11H2,1-3H3,(H,21,22). The molecule has 0 fully saturated rings. The zero-order valence-electron chi connectivity index (χ0n) is 14.6. The minimum atomic E-state index is -0.0993. The molecule has 1 heterocycles. The van der Waals surface area contributed by atoms with Gasteiger partial charge in [-0.05, 0) is 36.2 Å². The summed E-state index contributed by atoms with van der Waals surface area (Å²) in [5.74, 6) is 1.92. The number of rotatable bonds is 6. The predicted molar refractivity (Wildman–Crippen MR) is 98.9 cm³/mol. The van der Waals surface area contributed by atoms with Gasteiger partial charge >= 0.3 is 0 Å². The summed E-state index contributed by atoms with van der Waals surface area (Å²) in [6, 6.07) is 11.0. The Kier molecular flexibility index (Phi) is 4.93. The van der Waals surface area contributed by atoms with Crippen molar-refractivity contribution < 1.29 is 14.2 Å². The van der Waals surface area contributed by atoms with E-state index in [4.69, 9.17) is 14.2 Å². The fourth-order valence-electron chi connectivity index (χ4n) is 2.77. The quantitative estimate of drug-likeness (QED) is 0.737. The lowest BCUT2D eigenvalue weighted by atomic mass is 10.0. The summed E-state index contributed by atoms with van der Waals surface area (Å²) in [7, 11) is 3.17. The molecule has 25 heavy (non-hydrogen) atoms. The van der Waals surface area contributed by atoms with Gasteiger partial charge in [0.1, 0.15) is 17.2 Å². The molecular weight excluding hydrogens is 318 g/mol. The number of H-pyrrole nitrogens is 1. The third kappa shape index (κ3) is 3.18. The van der Waals surface area contributed by atoms with Crippen LogP contribution in [0.5, 0.6) is 17.2 Å². The topological polar surface area (TPSA) is 60.6 Å². The smallest absolute Gasteiger partial charge is 0.201 e. The lowest BCUT2D eigenvalue weighted by Crippen LogP contribution is -2.09. The van der Waals surface area contributed by atoms with Crippen LogP contribution >= 0.6 is 0 Å². The number of ether oxygens (including phenoxy) is 3. The maximum absolute atomic E-state index is 13.1. The molecule has 1 aromatic heterocycles. The molecule has 0 bridgehead atoms. The van der Waals surface area contributed by atoms with Crippen molar-refractivity contribution in [3.05, 3.63) is 52.8 Å². The summed E-state index contributed by atoms with van der Waals surface area (Å²) in [6.07, 6.45) is 2.60. The summed E-state index contributed by atoms with van der Waals surface area (Å²) in [4.78, 5) is 16.3. The molecule has 0 aliphatic carbocycles. The summed E-state index contributed by atoms with van der Waals surface area (Å²) in [5.41, 5.74) is 1.93. The Labute approximate surface area is 146 Å². The van der Waals surface area contributed by atoms with Gasteiger partial charge in [-0.25, -0.2) is 0 Å². The van der Waals surface area contributed by atoms with Crippen LogP contribution in [-0.2, 0) is 0 Å². The Bertz CT molecular complexity index is 929. The first-order chi connectivity index (χ1) is 12.2. The molecule has 0 aliphatic rings. The lowest BCUT2D eigenvalue weighted by Gasteiger charge is -2.12. The van der Waals surface area contributed by atoms with Crippen molar-refractivity contribution in [2.45, 2.75) is 13.3 Å². The normalized spacial score (nSPS) is 10.7. The first kappa shape index (κ1) is 16.9. The van der Waals surface area contributed by atoms with E-state index >= 15 is 0 Å². The van der Waals surface area contributed by atoms with Crippen LogP contribution in [0.4, 0.5) is 0 Å². The molecule has 0 aliphatic heterocycles. The summed E-state index contributed by atoms with van der Waals surface area (Å²) in [5, 5.41) is 0.490. The minimum absolute atomic E-state index is 0.0993. The van der Waals surface area contributed by atoms with Gasteiger partial charge in [-0.15, -0.1) is 0 Å². The molecule has 1 N–H and O–H groups in total. The SMILES string of the molecule is CCCOc1ccc(OC)c2c(=O)c(-c3ccc(OC)cc3)c[nH]c12. The zero-order chi connectivity index (χ0) is 17.8. The van der Waals surface area contributed by atoms with Crippen LogP contribution in [0, 0.1) is 0 Å². The molecular formula is C20H21NO4. The third-order valence-electron chi connectivity index (χ3n) is 4.04. The number of methoxy groups -OCH3 is 2. The highest BCUT2D eigenvalue weighted by Gasteiger charge is 2.15. The number of aromatic amines is 1. The van der Waals surface area contributed by atoms with Crippen LogP contribution in [0.3, 0.4) is 0 Å². The second kappa shape index (κ2) is 7.30. The highest BCUT2D eigenvalue weighted by molar-refractivity contribution is 5.92. The Morgan fingerprint density at radius 3 is 2.32 bits per heavy atom. The number of hydrogen-bond donors (Lipinski definition) is 1. The Morgan fingerprint density at radius 2 is 1.68 bits per heavy atom. The summed E-state index contributed by atoms with van der Waals surface area (Å²) < 4.78 is 16.3. The number of pyridine rings is 1. The Morgan fingerprint density at radius 1 is 0.960 bits per heavy atom. The number of nitrogens with one attached hydrogen (secondary N) is 1. The number of aromatic nitrogens is 1. The Hall–Kier alpha value is -2.95. The van der Waals surface area contributed by atoms with Crippen LogP contribution in [0.25, 0.3) is 22.0 Å². The number of benzene rings is 2. The molecule has 3 aromatic rings. The van der Waals surface area contributed by atoms with Gasteiger partial charge in [0.15, 0.2) is 0 Å². The van der Waals surface area contributed by atoms with E-state index in [2.05, 4.69) is 4.98 Å². The van der Waals surface area contributed by atoms with Crippen molar-refractivity contribution in [2.75, 3.05) is 20.8 Å². The monoisotopic (exact) mass is 339 g/mol. The molecule has 5 heteroatoms. The van der Waals surface area contributed by atoms with E-state index in [1.54, 1.807) is 26.5 Å². The van der Waals surface area contributed by atoms with Crippen molar-refractivity contribution >= 4 is 10.9 Å². The molecule has 0 saturated carbocycles. The van der Waals surface area contributed by atoms with Gasteiger partial charge in [0.2, 0.25) is 5.43 Å². The van der Waals surface area contributed by atoms with Gasteiger partial charge in [-0.2, -0.15) is 0 Å². The predicted octanol–water partition coefficient (Wildman–Crippen LogP) is 4.00. The molecule has 0 spiro atoms. The number of hydrogen-bond acceptors (Lipinski definition) is 4. The van der Waals surface area contributed by atoms with Gasteiger partial charge in [0, 0.05) is 11.8 Å². The van der Waals surface area contributed by atoms with Crippen molar-refractivity contribution in [3.63, 3.8) is 0 Å². The van der Waals surface area contributed by atoms with Gasteiger partial charge < -0.3 is 19.2 Å². The van der Waals surface area contributed by atoms with E-state index in [0.29, 0.717) is 34.6 Å². The minimum Gasteiger partial charge on any atom is -0.497 e. The maximum atomic E-state index is 13.1. The van der Waals surface area contributed by atoms with Gasteiger partial charge in [-0.3, -0.25) is 4.79 Å². The van der Waals surface area contributed by atoms with E-state index in [9.17, 15) is 4.79 Å². The molecule has 2 aromatic carbocycles. The fraction of sp³-hybridized carbons (Fsp3) is 0.250. The van der Waals surface area contributed by atoms with Gasteiger partial charge in [0.05, 0.1) is 31.7 Å². The van der Waals surface area contributed by atoms with Crippen LogP contribution in [0.15, 0.2) is 47.4 Å². The van der Waals surface area contributed by atoms with Gasteiger partial charge in [-0.1, -0.05) is 19.1 Å². The molecule has 5 nitrogen and oxygen atoms in total. The lowest BCUT2D eigenvalue weighted by molar-refractivity contribution is 0.320. The largest absolute Gasteiger partial charge is 0.497 e. The number of fused-ring (bicyclic) bond motifs is 1. The average Bonchev–Trinajstić information content (AvgIpc) is 2.66. The third-order valence-corrected chi connectivity index (χ3v) is 4.04. The average molecular weight is 339 g/mol. The molecule has 0 radical (unpaired) electrons. The molecule has 0 unspecified atom stereocenters. The van der Waals surface area contributed by atoms with Gasteiger partial charge in [0.25, 0.3) is 0 Å². The fourth-order valence-corrected chi connectivity index (χ4v) is 2.77. The van der Waals surface area contributed by atoms with E-state index < -0.39 is 0 Å². The maximum Gasteiger partial charge on any atom is 0.201 e. The summed E-state index contributed by atoms with van der Waals surface area (Å²) in [6.45, 7) is 2.62. The van der Waals surface area contributed by atoms with E-state index in [1.165, 1.54) is 0 Å². The van der Waals surface area contributed by atoms with Crippen LogP contribution in [0.2, 0.25) is 0 Å². The molecule has 3 rings (SSSR count). The second-order valence-electron chi connectivity index (χ2n) is 5.62. The van der Waals surface area contributed by atoms with Crippen LogP contribution in [0.1, 0.15) is 13.3 Å². The highest BCUT2D eigenvalue weighted by Crippen LogP contribution is 2.31. The molecule has 0 saturated heterocycles. The Balaban J connectivity index is 2.19. The molecule has 0 atom stereocenters. The van der Waals surface area contributed by atoms with Crippen molar-refractivity contribution in [3.8, 4) is 28.4 Å². The van der Waals surface area contributed by atoms with Crippen molar-refractivity contribution in [1.29, 1.82) is 0 Å². The summed E-state index contributed by atoms with van der Waals surface area (Å²) >= 11 is 0. The molecule has 0 amide bonds. The van der Waals surface area contributed by atoms with Crippen molar-refractivity contribution in [2.24, 2.45) is 0 Å². The van der Waals surface area contributed by atoms with E-state index in [1.807, 2.05) is 37.3 Å². The van der Waals surface area contributed by atoms with E-state index in [0.717, 1.165) is 17.7 Å². The zero-order valence-corrected chi connectivity index (χ0v) is 14.6. The first-order valence-corrected chi connectivity index (χ1v) is 8.19. The van der Waals surface area contributed by atoms with Crippen molar-refractivity contribution in [1.82, 2.24) is 4.98 Å². The first-order valence-electron chi connectivity index (χ1n) is 8.19. The highest BCUT2D eigenvalue weighted by atomic mass is 16.5. The van der Waals surface area contributed by atoms with E-state index in [-0.39, 0.29) is 5.43 Å². The van der Waals surface area contributed by atoms with Crippen LogP contribution in [-0.4, -0.2) is 25.8 Å². The molecule has 130 valence electrons. The van der Waals surface area contributed by atoms with Crippen LogP contribution < -0.4 is 19.6 Å². The second-order valence-corrected chi connectivity index (χ2v) is 5.62.